The summed E-state index contributed by atoms with van der Waals surface area (Å²) >= 11 is 0. The van der Waals surface area contributed by atoms with E-state index in [0.717, 1.165) is 19.5 Å². The van der Waals surface area contributed by atoms with E-state index in [1.54, 1.807) is 0 Å². The molecule has 78 valence electrons. The fourth-order valence-corrected chi connectivity index (χ4v) is 1.29. The lowest BCUT2D eigenvalue weighted by Crippen LogP contribution is -2.34. The summed E-state index contributed by atoms with van der Waals surface area (Å²) in [5.74, 6) is 0. The summed E-state index contributed by atoms with van der Waals surface area (Å²) in [6.45, 7) is 4.25. The van der Waals surface area contributed by atoms with Crippen molar-refractivity contribution < 1.29 is 0 Å². The van der Waals surface area contributed by atoms with Gasteiger partial charge in [0.25, 0.3) is 0 Å². The molecule has 0 heterocycles. The van der Waals surface area contributed by atoms with Gasteiger partial charge in [0.05, 0.1) is 0 Å². The third kappa shape index (κ3) is 5.00. The summed E-state index contributed by atoms with van der Waals surface area (Å²) in [7, 11) is 0. The Kier molecular flexibility index (Phi) is 6.04. The van der Waals surface area contributed by atoms with Crippen LogP contribution in [-0.4, -0.2) is 13.1 Å². The summed E-state index contributed by atoms with van der Waals surface area (Å²) in [5.41, 5.74) is 7.81. The standard InChI is InChI=1S/C12H20N2/c1-2-3-10-13-14-11-9-12-7-5-4-6-8-12/h4-8,13-14H,2-3,9-11H2,1H3. The molecule has 1 aromatic carbocycles. The second-order valence-electron chi connectivity index (χ2n) is 3.44. The molecule has 14 heavy (non-hydrogen) atoms. The van der Waals surface area contributed by atoms with Crippen molar-refractivity contribution in [3.05, 3.63) is 35.9 Å². The lowest BCUT2D eigenvalue weighted by molar-refractivity contribution is 0.520. The summed E-state index contributed by atoms with van der Waals surface area (Å²) < 4.78 is 0. The van der Waals surface area contributed by atoms with E-state index in [1.165, 1.54) is 18.4 Å². The highest BCUT2D eigenvalue weighted by atomic mass is 15.3. The van der Waals surface area contributed by atoms with Gasteiger partial charge >= 0.3 is 0 Å². The Bertz CT molecular complexity index is 221. The Morgan fingerprint density at radius 3 is 2.43 bits per heavy atom. The number of unbranched alkanes of at least 4 members (excludes halogenated alkanes) is 1. The zero-order valence-electron chi connectivity index (χ0n) is 8.92. The molecule has 0 unspecified atom stereocenters. The third-order valence-electron chi connectivity index (χ3n) is 2.16. The summed E-state index contributed by atoms with van der Waals surface area (Å²) in [6, 6.07) is 10.5. The van der Waals surface area contributed by atoms with Crippen LogP contribution in [0.2, 0.25) is 0 Å². The van der Waals surface area contributed by atoms with E-state index in [0.29, 0.717) is 0 Å². The lowest BCUT2D eigenvalue weighted by Gasteiger charge is -2.05. The minimum atomic E-state index is 0.994. The van der Waals surface area contributed by atoms with E-state index in [1.807, 2.05) is 0 Å². The maximum absolute atomic E-state index is 3.22. The smallest absolute Gasteiger partial charge is 0.0140 e. The Morgan fingerprint density at radius 1 is 1.00 bits per heavy atom. The SMILES string of the molecule is CCCCNNCCc1ccccc1. The predicted octanol–water partition coefficient (Wildman–Crippen LogP) is 2.12. The number of hydrogen-bond acceptors (Lipinski definition) is 2. The Balaban J connectivity index is 1.99. The maximum atomic E-state index is 3.22. The molecule has 0 aliphatic rings. The van der Waals surface area contributed by atoms with Gasteiger partial charge in [0.1, 0.15) is 0 Å². The fourth-order valence-electron chi connectivity index (χ4n) is 1.29. The monoisotopic (exact) mass is 192 g/mol. The molecule has 2 heteroatoms. The molecule has 0 aliphatic heterocycles. The van der Waals surface area contributed by atoms with Crippen molar-refractivity contribution >= 4 is 0 Å². The van der Waals surface area contributed by atoms with Gasteiger partial charge in [0, 0.05) is 13.1 Å². The molecule has 0 atom stereocenters. The van der Waals surface area contributed by atoms with Crippen LogP contribution in [0.5, 0.6) is 0 Å². The molecule has 2 nitrogen and oxygen atoms in total. The molecule has 0 aromatic heterocycles. The molecule has 0 spiro atoms. The van der Waals surface area contributed by atoms with E-state index in [-0.39, 0.29) is 0 Å². The first-order valence-electron chi connectivity index (χ1n) is 5.43. The zero-order valence-corrected chi connectivity index (χ0v) is 8.92. The molecule has 0 aliphatic carbocycles. The first-order valence-corrected chi connectivity index (χ1v) is 5.43. The Morgan fingerprint density at radius 2 is 1.71 bits per heavy atom. The highest BCUT2D eigenvalue weighted by Crippen LogP contribution is 1.97. The number of nitrogens with one attached hydrogen (secondary N) is 2. The fraction of sp³-hybridized carbons (Fsp3) is 0.500. The molecule has 0 saturated carbocycles. The van der Waals surface area contributed by atoms with Gasteiger partial charge in [-0.15, -0.1) is 0 Å². The topological polar surface area (TPSA) is 24.1 Å². The van der Waals surface area contributed by atoms with Crippen molar-refractivity contribution in [3.63, 3.8) is 0 Å². The highest BCUT2D eigenvalue weighted by Gasteiger charge is 1.90. The minimum absolute atomic E-state index is 0.994. The van der Waals surface area contributed by atoms with E-state index < -0.39 is 0 Å². The molecule has 1 aromatic rings. The van der Waals surface area contributed by atoms with Crippen LogP contribution in [-0.2, 0) is 6.42 Å². The van der Waals surface area contributed by atoms with E-state index >= 15 is 0 Å². The molecule has 0 bridgehead atoms. The molecular formula is C12H20N2. The quantitative estimate of drug-likeness (QED) is 0.511. The average Bonchev–Trinajstić information content (AvgIpc) is 2.25. The average molecular weight is 192 g/mol. The van der Waals surface area contributed by atoms with Crippen LogP contribution in [0, 0.1) is 0 Å². The van der Waals surface area contributed by atoms with E-state index in [2.05, 4.69) is 48.1 Å². The third-order valence-corrected chi connectivity index (χ3v) is 2.16. The van der Waals surface area contributed by atoms with Gasteiger partial charge in [-0.1, -0.05) is 43.7 Å². The van der Waals surface area contributed by atoms with Crippen LogP contribution in [0.15, 0.2) is 30.3 Å². The van der Waals surface area contributed by atoms with Crippen LogP contribution in [0.3, 0.4) is 0 Å². The first kappa shape index (κ1) is 11.2. The van der Waals surface area contributed by atoms with Crippen molar-refractivity contribution in [1.29, 1.82) is 0 Å². The van der Waals surface area contributed by atoms with Crippen molar-refractivity contribution in [2.75, 3.05) is 13.1 Å². The summed E-state index contributed by atoms with van der Waals surface area (Å²) in [6.07, 6.45) is 3.56. The van der Waals surface area contributed by atoms with Crippen LogP contribution in [0.4, 0.5) is 0 Å². The highest BCUT2D eigenvalue weighted by molar-refractivity contribution is 5.14. The number of rotatable bonds is 7. The van der Waals surface area contributed by atoms with Crippen molar-refractivity contribution in [2.45, 2.75) is 26.2 Å². The van der Waals surface area contributed by atoms with E-state index in [9.17, 15) is 0 Å². The number of hydrogen-bond donors (Lipinski definition) is 2. The second-order valence-corrected chi connectivity index (χ2v) is 3.44. The van der Waals surface area contributed by atoms with Crippen LogP contribution >= 0.6 is 0 Å². The van der Waals surface area contributed by atoms with Crippen LogP contribution < -0.4 is 10.9 Å². The van der Waals surface area contributed by atoms with Gasteiger partial charge in [-0.3, -0.25) is 10.9 Å². The minimum Gasteiger partial charge on any atom is -0.258 e. The van der Waals surface area contributed by atoms with Crippen LogP contribution in [0.1, 0.15) is 25.3 Å². The number of hydrazine groups is 1. The molecule has 1 rings (SSSR count). The molecular weight excluding hydrogens is 172 g/mol. The predicted molar refractivity (Wildman–Crippen MR) is 61.1 cm³/mol. The molecule has 0 radical (unpaired) electrons. The molecule has 0 amide bonds. The summed E-state index contributed by atoms with van der Waals surface area (Å²) in [4.78, 5) is 0. The van der Waals surface area contributed by atoms with Gasteiger partial charge in [-0.2, -0.15) is 0 Å². The first-order chi connectivity index (χ1) is 6.93. The summed E-state index contributed by atoms with van der Waals surface area (Å²) in [5, 5.41) is 0. The molecule has 0 saturated heterocycles. The van der Waals surface area contributed by atoms with Crippen molar-refractivity contribution in [2.24, 2.45) is 0 Å². The van der Waals surface area contributed by atoms with Gasteiger partial charge in [-0.05, 0) is 18.4 Å². The van der Waals surface area contributed by atoms with Gasteiger partial charge in [-0.25, -0.2) is 0 Å². The largest absolute Gasteiger partial charge is 0.258 e. The zero-order chi connectivity index (χ0) is 10.1. The van der Waals surface area contributed by atoms with Crippen molar-refractivity contribution in [3.8, 4) is 0 Å². The second kappa shape index (κ2) is 7.54. The van der Waals surface area contributed by atoms with Gasteiger partial charge < -0.3 is 0 Å². The van der Waals surface area contributed by atoms with Crippen molar-refractivity contribution in [1.82, 2.24) is 10.9 Å². The molecule has 0 fully saturated rings. The lowest BCUT2D eigenvalue weighted by atomic mass is 10.2. The van der Waals surface area contributed by atoms with Gasteiger partial charge in [0.2, 0.25) is 0 Å². The van der Waals surface area contributed by atoms with E-state index in [4.69, 9.17) is 0 Å². The van der Waals surface area contributed by atoms with Gasteiger partial charge in [0.15, 0.2) is 0 Å². The maximum Gasteiger partial charge on any atom is 0.0140 e. The molecule has 2 N–H and O–H groups in total. The number of benzene rings is 1. The van der Waals surface area contributed by atoms with Crippen LogP contribution in [0.25, 0.3) is 0 Å². The Labute approximate surface area is 86.7 Å². The Hall–Kier alpha value is -0.860. The normalized spacial score (nSPS) is 10.4.